The van der Waals surface area contributed by atoms with E-state index in [1.54, 1.807) is 18.2 Å². The van der Waals surface area contributed by atoms with Gasteiger partial charge in [-0.2, -0.15) is 0 Å². The SMILES string of the molecule is O=C(CC1(COc2ccccc2)CCCN(C(=O)c2ccc(Cl)c(Cl)c2)C1)N1CCOCC1. The third-order valence-corrected chi connectivity index (χ3v) is 7.03. The second kappa shape index (κ2) is 10.8. The number of ether oxygens (including phenoxy) is 2. The molecule has 6 nitrogen and oxygen atoms in total. The molecule has 33 heavy (non-hydrogen) atoms. The Kier molecular flexibility index (Phi) is 7.78. The summed E-state index contributed by atoms with van der Waals surface area (Å²) in [4.78, 5) is 30.1. The van der Waals surface area contributed by atoms with Gasteiger partial charge in [0.2, 0.25) is 5.91 Å². The van der Waals surface area contributed by atoms with E-state index < -0.39 is 5.41 Å². The number of carbonyl (C=O) groups is 2. The van der Waals surface area contributed by atoms with Crippen molar-refractivity contribution in [1.29, 1.82) is 0 Å². The number of amides is 2. The lowest BCUT2D eigenvalue weighted by molar-refractivity contribution is -0.139. The zero-order chi connectivity index (χ0) is 23.3. The van der Waals surface area contributed by atoms with Gasteiger partial charge in [0, 0.05) is 43.6 Å². The molecule has 0 aromatic heterocycles. The summed E-state index contributed by atoms with van der Waals surface area (Å²) in [6.45, 7) is 3.73. The molecule has 2 aliphatic rings. The monoisotopic (exact) mass is 490 g/mol. The molecule has 1 atom stereocenters. The first-order valence-electron chi connectivity index (χ1n) is 11.2. The van der Waals surface area contributed by atoms with Crippen molar-refractivity contribution in [3.8, 4) is 5.75 Å². The van der Waals surface area contributed by atoms with Crippen LogP contribution in [0.5, 0.6) is 5.75 Å². The number of morpholine rings is 1. The molecule has 8 heteroatoms. The molecule has 0 radical (unpaired) electrons. The van der Waals surface area contributed by atoms with E-state index in [-0.39, 0.29) is 11.8 Å². The quantitative estimate of drug-likeness (QED) is 0.596. The minimum Gasteiger partial charge on any atom is -0.493 e. The molecular weight excluding hydrogens is 463 g/mol. The highest BCUT2D eigenvalue weighted by Gasteiger charge is 2.41. The molecule has 2 fully saturated rings. The summed E-state index contributed by atoms with van der Waals surface area (Å²) in [5, 5.41) is 0.759. The Morgan fingerprint density at radius 2 is 1.73 bits per heavy atom. The normalized spacial score (nSPS) is 21.0. The molecule has 1 unspecified atom stereocenters. The maximum Gasteiger partial charge on any atom is 0.253 e. The van der Waals surface area contributed by atoms with Gasteiger partial charge in [-0.25, -0.2) is 0 Å². The number of hydrogen-bond acceptors (Lipinski definition) is 4. The zero-order valence-electron chi connectivity index (χ0n) is 18.5. The molecule has 2 heterocycles. The highest BCUT2D eigenvalue weighted by Crippen LogP contribution is 2.36. The van der Waals surface area contributed by atoms with Crippen LogP contribution in [-0.2, 0) is 9.53 Å². The van der Waals surface area contributed by atoms with Crippen LogP contribution in [0.3, 0.4) is 0 Å². The van der Waals surface area contributed by atoms with Crippen molar-refractivity contribution in [2.24, 2.45) is 5.41 Å². The average molecular weight is 491 g/mol. The minimum absolute atomic E-state index is 0.0822. The van der Waals surface area contributed by atoms with Gasteiger partial charge in [0.05, 0.1) is 29.9 Å². The Hall–Kier alpha value is -2.28. The number of halogens is 2. The Morgan fingerprint density at radius 1 is 0.970 bits per heavy atom. The number of carbonyl (C=O) groups excluding carboxylic acids is 2. The summed E-state index contributed by atoms with van der Waals surface area (Å²) < 4.78 is 11.5. The second-order valence-corrected chi connectivity index (χ2v) is 9.55. The predicted octanol–water partition coefficient (Wildman–Crippen LogP) is 4.54. The molecule has 0 aliphatic carbocycles. The minimum atomic E-state index is -0.477. The number of para-hydroxylation sites is 1. The standard InChI is InChI=1S/C25H28Cl2N2O4/c26-21-8-7-19(15-22(21)27)24(31)29-10-4-9-25(17-29,18-33-20-5-2-1-3-6-20)16-23(30)28-11-13-32-14-12-28/h1-3,5-8,15H,4,9-14,16-18H2. The van der Waals surface area contributed by atoms with E-state index in [1.807, 2.05) is 40.1 Å². The van der Waals surface area contributed by atoms with Gasteiger partial charge in [0.25, 0.3) is 5.91 Å². The van der Waals surface area contributed by atoms with Gasteiger partial charge in [-0.15, -0.1) is 0 Å². The molecule has 2 aliphatic heterocycles. The van der Waals surface area contributed by atoms with Crippen molar-refractivity contribution in [3.05, 3.63) is 64.1 Å². The van der Waals surface area contributed by atoms with Crippen molar-refractivity contribution in [2.45, 2.75) is 19.3 Å². The lowest BCUT2D eigenvalue weighted by Crippen LogP contribution is -2.52. The van der Waals surface area contributed by atoms with Gasteiger partial charge in [-0.3, -0.25) is 9.59 Å². The lowest BCUT2D eigenvalue weighted by Gasteiger charge is -2.43. The van der Waals surface area contributed by atoms with E-state index in [0.717, 1.165) is 18.6 Å². The molecular formula is C25H28Cl2N2O4. The van der Waals surface area contributed by atoms with Crippen LogP contribution in [0.1, 0.15) is 29.6 Å². The van der Waals surface area contributed by atoms with Gasteiger partial charge >= 0.3 is 0 Å². The molecule has 0 N–H and O–H groups in total. The Morgan fingerprint density at radius 3 is 2.45 bits per heavy atom. The topological polar surface area (TPSA) is 59.1 Å². The van der Waals surface area contributed by atoms with Crippen LogP contribution >= 0.6 is 23.2 Å². The Bertz CT molecular complexity index is 982. The molecule has 2 aromatic carbocycles. The van der Waals surface area contributed by atoms with Crippen molar-refractivity contribution in [3.63, 3.8) is 0 Å². The third kappa shape index (κ3) is 5.99. The molecule has 176 valence electrons. The highest BCUT2D eigenvalue weighted by atomic mass is 35.5. The maximum atomic E-state index is 13.3. The van der Waals surface area contributed by atoms with Crippen LogP contribution in [0.25, 0.3) is 0 Å². The third-order valence-electron chi connectivity index (χ3n) is 6.29. The summed E-state index contributed by atoms with van der Waals surface area (Å²) in [7, 11) is 0. The maximum absolute atomic E-state index is 13.3. The first-order chi connectivity index (χ1) is 16.0. The van der Waals surface area contributed by atoms with Crippen LogP contribution < -0.4 is 4.74 Å². The molecule has 2 amide bonds. The molecule has 0 saturated carbocycles. The van der Waals surface area contributed by atoms with Crippen molar-refractivity contribution in [1.82, 2.24) is 9.80 Å². The predicted molar refractivity (Wildman–Crippen MR) is 128 cm³/mol. The van der Waals surface area contributed by atoms with Crippen LogP contribution in [0.15, 0.2) is 48.5 Å². The lowest BCUT2D eigenvalue weighted by atomic mass is 9.77. The Balaban J connectivity index is 1.53. The Labute approximate surface area is 204 Å². The molecule has 0 bridgehead atoms. The van der Waals surface area contributed by atoms with E-state index in [1.165, 1.54) is 0 Å². The molecule has 4 rings (SSSR count). The summed E-state index contributed by atoms with van der Waals surface area (Å²) in [5.41, 5.74) is 0.0127. The zero-order valence-corrected chi connectivity index (χ0v) is 20.0. The van der Waals surface area contributed by atoms with Gasteiger partial charge in [-0.05, 0) is 43.2 Å². The summed E-state index contributed by atoms with van der Waals surface area (Å²) in [5.74, 6) is 0.721. The van der Waals surface area contributed by atoms with E-state index in [0.29, 0.717) is 68.0 Å². The first-order valence-corrected chi connectivity index (χ1v) is 12.0. The number of rotatable bonds is 6. The number of hydrogen-bond donors (Lipinski definition) is 0. The molecule has 0 spiro atoms. The van der Waals surface area contributed by atoms with Crippen molar-refractivity contribution >= 4 is 35.0 Å². The van der Waals surface area contributed by atoms with Crippen LogP contribution in [0.4, 0.5) is 0 Å². The smallest absolute Gasteiger partial charge is 0.253 e. The highest BCUT2D eigenvalue weighted by molar-refractivity contribution is 6.42. The summed E-state index contributed by atoms with van der Waals surface area (Å²) >= 11 is 12.2. The largest absolute Gasteiger partial charge is 0.493 e. The summed E-state index contributed by atoms with van der Waals surface area (Å²) in [6.07, 6.45) is 1.92. The number of piperidine rings is 1. The van der Waals surface area contributed by atoms with Crippen molar-refractivity contribution in [2.75, 3.05) is 46.0 Å². The van der Waals surface area contributed by atoms with Gasteiger partial charge in [-0.1, -0.05) is 41.4 Å². The fourth-order valence-corrected chi connectivity index (χ4v) is 4.80. The number of nitrogens with zero attached hydrogens (tertiary/aromatic N) is 2. The second-order valence-electron chi connectivity index (χ2n) is 8.73. The number of likely N-dealkylation sites (tertiary alicyclic amines) is 1. The van der Waals surface area contributed by atoms with Gasteiger partial charge in [0.1, 0.15) is 5.75 Å². The van der Waals surface area contributed by atoms with Crippen molar-refractivity contribution < 1.29 is 19.1 Å². The first kappa shape index (κ1) is 23.9. The fraction of sp³-hybridized carbons (Fsp3) is 0.440. The van der Waals surface area contributed by atoms with E-state index in [9.17, 15) is 9.59 Å². The van der Waals surface area contributed by atoms with E-state index in [4.69, 9.17) is 32.7 Å². The fourth-order valence-electron chi connectivity index (χ4n) is 4.50. The van der Waals surface area contributed by atoms with Gasteiger partial charge in [0.15, 0.2) is 0 Å². The average Bonchev–Trinajstić information content (AvgIpc) is 2.85. The van der Waals surface area contributed by atoms with Gasteiger partial charge < -0.3 is 19.3 Å². The number of benzene rings is 2. The van der Waals surface area contributed by atoms with Crippen LogP contribution in [0.2, 0.25) is 10.0 Å². The molecule has 2 aromatic rings. The van der Waals surface area contributed by atoms with Crippen LogP contribution in [0, 0.1) is 5.41 Å². The summed E-state index contributed by atoms with van der Waals surface area (Å²) in [6, 6.07) is 14.5. The van der Waals surface area contributed by atoms with Crippen LogP contribution in [-0.4, -0.2) is 67.6 Å². The van der Waals surface area contributed by atoms with E-state index >= 15 is 0 Å². The molecule has 2 saturated heterocycles. The van der Waals surface area contributed by atoms with E-state index in [2.05, 4.69) is 0 Å².